The van der Waals surface area contributed by atoms with Crippen LogP contribution in [0.15, 0.2) is 49.2 Å². The third-order valence-electron chi connectivity index (χ3n) is 4.86. The fraction of sp³-hybridized carbons (Fsp3) is 0.158. The molecular formula is C19H14FN7O3. The molecule has 1 aromatic carbocycles. The first-order chi connectivity index (χ1) is 14.6. The van der Waals surface area contributed by atoms with Crippen molar-refractivity contribution < 1.29 is 14.1 Å². The van der Waals surface area contributed by atoms with Gasteiger partial charge >= 0.3 is 5.69 Å². The first kappa shape index (κ1) is 17.9. The molecule has 5 rings (SSSR count). The smallest absolute Gasteiger partial charge is 0.329 e. The van der Waals surface area contributed by atoms with Crippen molar-refractivity contribution >= 4 is 22.5 Å². The number of hydrogen-bond acceptors (Lipinski definition) is 8. The highest BCUT2D eigenvalue weighted by Crippen LogP contribution is 2.37. The van der Waals surface area contributed by atoms with Gasteiger partial charge in [0.05, 0.1) is 29.3 Å². The number of nitrogens with one attached hydrogen (secondary N) is 1. The highest BCUT2D eigenvalue weighted by molar-refractivity contribution is 5.75. The summed E-state index contributed by atoms with van der Waals surface area (Å²) < 4.78 is 21.1. The maximum atomic E-state index is 14.1. The van der Waals surface area contributed by atoms with Gasteiger partial charge in [0.1, 0.15) is 18.0 Å². The van der Waals surface area contributed by atoms with Crippen LogP contribution in [0, 0.1) is 15.9 Å². The zero-order valence-electron chi connectivity index (χ0n) is 15.4. The van der Waals surface area contributed by atoms with Crippen LogP contribution >= 0.6 is 0 Å². The predicted molar refractivity (Wildman–Crippen MR) is 104 cm³/mol. The molecule has 0 saturated heterocycles. The molecule has 11 heteroatoms. The molecule has 0 aliphatic carbocycles. The van der Waals surface area contributed by atoms with Crippen LogP contribution in [0.2, 0.25) is 0 Å². The summed E-state index contributed by atoms with van der Waals surface area (Å²) in [5.74, 6) is -0.0898. The Bertz CT molecular complexity index is 1280. The molecule has 4 heterocycles. The second-order valence-corrected chi connectivity index (χ2v) is 6.63. The molecule has 150 valence electrons. The Hall–Kier alpha value is -4.15. The van der Waals surface area contributed by atoms with Gasteiger partial charge in [0.15, 0.2) is 11.6 Å². The largest absolute Gasteiger partial charge is 0.490 e. The number of fused-ring (bicyclic) bond motifs is 2. The van der Waals surface area contributed by atoms with Crippen LogP contribution in [0.1, 0.15) is 18.0 Å². The number of imidazole rings is 1. The number of benzene rings is 1. The van der Waals surface area contributed by atoms with E-state index in [0.717, 1.165) is 6.20 Å². The number of aromatic nitrogens is 5. The second kappa shape index (κ2) is 7.03. The fourth-order valence-corrected chi connectivity index (χ4v) is 3.45. The van der Waals surface area contributed by atoms with Gasteiger partial charge in [-0.15, -0.1) is 0 Å². The Morgan fingerprint density at radius 2 is 2.17 bits per heavy atom. The lowest BCUT2D eigenvalue weighted by atomic mass is 10.0. The van der Waals surface area contributed by atoms with Gasteiger partial charge in [0.25, 0.3) is 0 Å². The van der Waals surface area contributed by atoms with Crippen molar-refractivity contribution in [3.63, 3.8) is 0 Å². The number of halogens is 1. The van der Waals surface area contributed by atoms with Crippen LogP contribution in [0.25, 0.3) is 17.0 Å². The van der Waals surface area contributed by atoms with Gasteiger partial charge in [-0.05, 0) is 12.1 Å². The summed E-state index contributed by atoms with van der Waals surface area (Å²) >= 11 is 0. The summed E-state index contributed by atoms with van der Waals surface area (Å²) in [4.78, 5) is 27.8. The third kappa shape index (κ3) is 2.96. The zero-order valence-corrected chi connectivity index (χ0v) is 15.4. The van der Waals surface area contributed by atoms with Crippen LogP contribution in [-0.2, 0) is 0 Å². The van der Waals surface area contributed by atoms with Gasteiger partial charge in [-0.3, -0.25) is 19.7 Å². The van der Waals surface area contributed by atoms with E-state index in [1.165, 1.54) is 12.4 Å². The lowest BCUT2D eigenvalue weighted by Crippen LogP contribution is -2.22. The van der Waals surface area contributed by atoms with E-state index in [9.17, 15) is 14.5 Å². The Morgan fingerprint density at radius 1 is 1.27 bits per heavy atom. The minimum absolute atomic E-state index is 0.0306. The van der Waals surface area contributed by atoms with Gasteiger partial charge in [-0.1, -0.05) is 12.1 Å². The number of anilines is 1. The van der Waals surface area contributed by atoms with Crippen molar-refractivity contribution in [2.75, 3.05) is 11.9 Å². The molecule has 3 aromatic heterocycles. The molecule has 1 atom stereocenters. The molecular weight excluding hydrogens is 393 g/mol. The van der Waals surface area contributed by atoms with Gasteiger partial charge in [-0.25, -0.2) is 14.4 Å². The molecule has 0 bridgehead atoms. The van der Waals surface area contributed by atoms with Crippen LogP contribution in [0.4, 0.5) is 15.9 Å². The fourth-order valence-electron chi connectivity index (χ4n) is 3.45. The van der Waals surface area contributed by atoms with Gasteiger partial charge < -0.3 is 10.1 Å². The number of pyridine rings is 1. The molecule has 0 radical (unpaired) electrons. The summed E-state index contributed by atoms with van der Waals surface area (Å²) in [6.07, 6.45) is 6.37. The maximum absolute atomic E-state index is 14.1. The van der Waals surface area contributed by atoms with E-state index in [-0.39, 0.29) is 29.8 Å². The van der Waals surface area contributed by atoms with Gasteiger partial charge in [0, 0.05) is 18.2 Å². The van der Waals surface area contributed by atoms with Crippen molar-refractivity contribution in [1.29, 1.82) is 0 Å². The average molecular weight is 407 g/mol. The van der Waals surface area contributed by atoms with Crippen molar-refractivity contribution in [2.24, 2.45) is 0 Å². The summed E-state index contributed by atoms with van der Waals surface area (Å²) in [6.45, 7) is 0.274. The minimum atomic E-state index is -0.562. The monoisotopic (exact) mass is 407 g/mol. The molecule has 1 aliphatic heterocycles. The van der Waals surface area contributed by atoms with Crippen molar-refractivity contribution in [1.82, 2.24) is 24.5 Å². The summed E-state index contributed by atoms with van der Waals surface area (Å²) in [5, 5.41) is 14.6. The van der Waals surface area contributed by atoms with E-state index in [0.29, 0.717) is 23.0 Å². The molecule has 0 amide bonds. The SMILES string of the molecule is O=[N+]([O-])c1cnc(-n2cnc3cnccc32)nc1NC1CCOc2c(F)cccc21. The zero-order chi connectivity index (χ0) is 20.7. The first-order valence-corrected chi connectivity index (χ1v) is 9.08. The van der Waals surface area contributed by atoms with Crippen LogP contribution in [-0.4, -0.2) is 36.0 Å². The molecule has 0 fully saturated rings. The highest BCUT2D eigenvalue weighted by Gasteiger charge is 2.27. The third-order valence-corrected chi connectivity index (χ3v) is 4.86. The van der Waals surface area contributed by atoms with Crippen molar-refractivity contribution in [3.8, 4) is 11.7 Å². The number of para-hydroxylation sites is 1. The molecule has 1 unspecified atom stereocenters. The number of hydrogen-bond donors (Lipinski definition) is 1. The van der Waals surface area contributed by atoms with E-state index < -0.39 is 16.8 Å². The topological polar surface area (TPSA) is 121 Å². The Kier molecular flexibility index (Phi) is 4.20. The number of nitrogens with zero attached hydrogens (tertiary/aromatic N) is 6. The molecule has 4 aromatic rings. The van der Waals surface area contributed by atoms with E-state index >= 15 is 0 Å². The molecule has 10 nitrogen and oxygen atoms in total. The van der Waals surface area contributed by atoms with Crippen LogP contribution < -0.4 is 10.1 Å². The number of rotatable bonds is 4. The van der Waals surface area contributed by atoms with E-state index in [1.807, 2.05) is 0 Å². The first-order valence-electron chi connectivity index (χ1n) is 9.08. The van der Waals surface area contributed by atoms with Gasteiger partial charge in [0.2, 0.25) is 11.8 Å². The molecule has 30 heavy (non-hydrogen) atoms. The Labute approximate surface area is 168 Å². The second-order valence-electron chi connectivity index (χ2n) is 6.63. The van der Waals surface area contributed by atoms with Crippen LogP contribution in [0.3, 0.4) is 0 Å². The van der Waals surface area contributed by atoms with E-state index in [1.54, 1.807) is 35.2 Å². The predicted octanol–water partition coefficient (Wildman–Crippen LogP) is 3.19. The van der Waals surface area contributed by atoms with Crippen molar-refractivity contribution in [2.45, 2.75) is 12.5 Å². The van der Waals surface area contributed by atoms with Gasteiger partial charge in [-0.2, -0.15) is 4.98 Å². The minimum Gasteiger partial charge on any atom is -0.490 e. The molecule has 1 aliphatic rings. The lowest BCUT2D eigenvalue weighted by molar-refractivity contribution is -0.384. The summed E-state index contributed by atoms with van der Waals surface area (Å²) in [7, 11) is 0. The number of ether oxygens (including phenoxy) is 1. The molecule has 0 spiro atoms. The van der Waals surface area contributed by atoms with E-state index in [2.05, 4.69) is 25.3 Å². The van der Waals surface area contributed by atoms with Crippen LogP contribution in [0.5, 0.6) is 5.75 Å². The van der Waals surface area contributed by atoms with Crippen molar-refractivity contribution in [3.05, 3.63) is 70.7 Å². The lowest BCUT2D eigenvalue weighted by Gasteiger charge is -2.27. The molecule has 0 saturated carbocycles. The highest BCUT2D eigenvalue weighted by atomic mass is 19.1. The number of nitro groups is 1. The summed E-state index contributed by atoms with van der Waals surface area (Å²) in [6, 6.07) is 5.95. The normalized spacial score (nSPS) is 15.4. The molecule has 1 N–H and O–H groups in total. The quantitative estimate of drug-likeness (QED) is 0.404. The summed E-state index contributed by atoms with van der Waals surface area (Å²) in [5.41, 5.74) is 1.65. The Morgan fingerprint density at radius 3 is 3.03 bits per heavy atom. The standard InChI is InChI=1S/C19H14FN7O3/c20-12-3-1-2-11-13(5-7-30-17(11)12)24-18-16(27(28)29)9-22-19(25-18)26-10-23-14-8-21-6-4-15(14)26/h1-4,6,8-10,13H,5,7H2,(H,22,24,25). The van der Waals surface area contributed by atoms with E-state index in [4.69, 9.17) is 4.74 Å². The Balaban J connectivity index is 1.58. The average Bonchev–Trinajstić information content (AvgIpc) is 3.18. The maximum Gasteiger partial charge on any atom is 0.329 e.